The van der Waals surface area contributed by atoms with Crippen molar-refractivity contribution in [3.8, 4) is 0 Å². The number of nitrogens with zero attached hydrogens (tertiary/aromatic N) is 5. The van der Waals surface area contributed by atoms with Gasteiger partial charge in [0, 0.05) is 12.4 Å². The number of para-hydroxylation sites is 2. The summed E-state index contributed by atoms with van der Waals surface area (Å²) in [5.41, 5.74) is 5.85. The van der Waals surface area contributed by atoms with Crippen molar-refractivity contribution in [3.63, 3.8) is 0 Å². The van der Waals surface area contributed by atoms with Gasteiger partial charge in [-0.25, -0.2) is 4.98 Å². The van der Waals surface area contributed by atoms with Gasteiger partial charge in [-0.15, -0.1) is 0 Å². The number of rotatable bonds is 5. The van der Waals surface area contributed by atoms with Crippen LogP contribution in [-0.4, -0.2) is 31.5 Å². The lowest BCUT2D eigenvalue weighted by atomic mass is 9.91. The Labute approximate surface area is 177 Å². The molecule has 3 heterocycles. The maximum atomic E-state index is 5.02. The van der Waals surface area contributed by atoms with E-state index in [0.29, 0.717) is 6.04 Å². The highest BCUT2D eigenvalue weighted by Gasteiger charge is 2.27. The summed E-state index contributed by atoms with van der Waals surface area (Å²) in [6, 6.07) is 19.2. The number of imidazole rings is 1. The second kappa shape index (κ2) is 8.00. The number of pyridine rings is 2. The van der Waals surface area contributed by atoms with Gasteiger partial charge in [0.2, 0.25) is 0 Å². The van der Waals surface area contributed by atoms with Crippen molar-refractivity contribution in [1.82, 2.24) is 24.4 Å². The predicted octanol–water partition coefficient (Wildman–Crippen LogP) is 4.95. The molecule has 2 atom stereocenters. The van der Waals surface area contributed by atoms with Gasteiger partial charge in [0.05, 0.1) is 41.0 Å². The van der Waals surface area contributed by atoms with Crippen LogP contribution in [0.15, 0.2) is 67.0 Å². The third-order valence-corrected chi connectivity index (χ3v) is 6.26. The highest BCUT2D eigenvalue weighted by atomic mass is 15.2. The van der Waals surface area contributed by atoms with Gasteiger partial charge in [0.1, 0.15) is 5.82 Å². The summed E-state index contributed by atoms with van der Waals surface area (Å²) in [5, 5.41) is 0. The van der Waals surface area contributed by atoms with Crippen LogP contribution in [0.3, 0.4) is 0 Å². The van der Waals surface area contributed by atoms with Crippen molar-refractivity contribution in [2.75, 3.05) is 7.05 Å². The Kier molecular flexibility index (Phi) is 5.05. The van der Waals surface area contributed by atoms with E-state index in [1.807, 2.05) is 24.5 Å². The second-order valence-electron chi connectivity index (χ2n) is 8.19. The van der Waals surface area contributed by atoms with Gasteiger partial charge in [-0.05, 0) is 69.1 Å². The molecule has 152 valence electrons. The van der Waals surface area contributed by atoms with E-state index < -0.39 is 0 Å². The fraction of sp³-hybridized carbons (Fsp3) is 0.320. The first-order valence-corrected chi connectivity index (χ1v) is 10.7. The lowest BCUT2D eigenvalue weighted by Crippen LogP contribution is -2.30. The standard InChI is InChI=1S/C25H27N5/c1-18(20-11-5-6-15-26-20)30-22-13-4-3-12-21(22)28-24(30)17-29(2)23-14-7-9-19-10-8-16-27-25(19)23/h3-6,8,10-13,15-16,18,23H,7,9,14,17H2,1-2H3. The normalized spacial score (nSPS) is 17.2. The topological polar surface area (TPSA) is 46.8 Å². The Morgan fingerprint density at radius 3 is 2.73 bits per heavy atom. The number of hydrogen-bond acceptors (Lipinski definition) is 4. The SMILES string of the molecule is CC(c1ccccn1)n1c(CN(C)C2CCCc3cccnc32)nc2ccccc21. The molecule has 0 fully saturated rings. The van der Waals surface area contributed by atoms with Crippen LogP contribution in [0.4, 0.5) is 0 Å². The van der Waals surface area contributed by atoms with E-state index in [-0.39, 0.29) is 6.04 Å². The zero-order chi connectivity index (χ0) is 20.5. The highest BCUT2D eigenvalue weighted by molar-refractivity contribution is 5.76. The molecule has 0 aliphatic heterocycles. The largest absolute Gasteiger partial charge is 0.318 e. The van der Waals surface area contributed by atoms with Crippen LogP contribution in [0, 0.1) is 0 Å². The highest BCUT2D eigenvalue weighted by Crippen LogP contribution is 2.33. The monoisotopic (exact) mass is 397 g/mol. The zero-order valence-corrected chi connectivity index (χ0v) is 17.6. The molecule has 0 saturated heterocycles. The summed E-state index contributed by atoms with van der Waals surface area (Å²) in [7, 11) is 2.20. The van der Waals surface area contributed by atoms with Crippen molar-refractivity contribution < 1.29 is 0 Å². The Bertz CT molecular complexity index is 1150. The van der Waals surface area contributed by atoms with Crippen LogP contribution in [-0.2, 0) is 13.0 Å². The average molecular weight is 398 g/mol. The molecular formula is C25H27N5. The number of benzene rings is 1. The number of aryl methyl sites for hydroxylation is 1. The summed E-state index contributed by atoms with van der Waals surface area (Å²) in [4.78, 5) is 16.8. The van der Waals surface area contributed by atoms with Crippen LogP contribution in [0.5, 0.6) is 0 Å². The summed E-state index contributed by atoms with van der Waals surface area (Å²) in [5.74, 6) is 1.07. The van der Waals surface area contributed by atoms with Gasteiger partial charge in [0.15, 0.2) is 0 Å². The number of hydrogen-bond donors (Lipinski definition) is 0. The fourth-order valence-electron chi connectivity index (χ4n) is 4.74. The second-order valence-corrected chi connectivity index (χ2v) is 8.19. The zero-order valence-electron chi connectivity index (χ0n) is 17.6. The van der Waals surface area contributed by atoms with E-state index >= 15 is 0 Å². The third kappa shape index (κ3) is 3.39. The maximum Gasteiger partial charge on any atom is 0.124 e. The molecule has 4 aromatic rings. The van der Waals surface area contributed by atoms with Crippen molar-refractivity contribution in [2.24, 2.45) is 0 Å². The first-order valence-electron chi connectivity index (χ1n) is 10.7. The van der Waals surface area contributed by atoms with Gasteiger partial charge in [0.25, 0.3) is 0 Å². The molecule has 0 spiro atoms. The molecule has 5 rings (SSSR count). The molecule has 0 N–H and O–H groups in total. The molecule has 3 aromatic heterocycles. The summed E-state index contributed by atoms with van der Waals surface area (Å²) in [6.45, 7) is 2.98. The molecule has 0 radical (unpaired) electrons. The summed E-state index contributed by atoms with van der Waals surface area (Å²) < 4.78 is 2.34. The van der Waals surface area contributed by atoms with Crippen LogP contribution >= 0.6 is 0 Å². The van der Waals surface area contributed by atoms with Crippen LogP contribution < -0.4 is 0 Å². The van der Waals surface area contributed by atoms with E-state index in [4.69, 9.17) is 9.97 Å². The van der Waals surface area contributed by atoms with Crippen molar-refractivity contribution in [2.45, 2.75) is 44.8 Å². The Morgan fingerprint density at radius 2 is 1.87 bits per heavy atom. The molecule has 0 bridgehead atoms. The summed E-state index contributed by atoms with van der Waals surface area (Å²) in [6.07, 6.45) is 7.25. The lowest BCUT2D eigenvalue weighted by molar-refractivity contribution is 0.201. The smallest absolute Gasteiger partial charge is 0.124 e. The Morgan fingerprint density at radius 1 is 1.03 bits per heavy atom. The molecule has 30 heavy (non-hydrogen) atoms. The van der Waals surface area contributed by atoms with E-state index in [0.717, 1.165) is 41.9 Å². The molecule has 0 amide bonds. The minimum Gasteiger partial charge on any atom is -0.318 e. The number of aromatic nitrogens is 4. The predicted molar refractivity (Wildman–Crippen MR) is 119 cm³/mol. The lowest BCUT2D eigenvalue weighted by Gasteiger charge is -2.32. The molecule has 5 heteroatoms. The van der Waals surface area contributed by atoms with Gasteiger partial charge >= 0.3 is 0 Å². The first kappa shape index (κ1) is 18.9. The fourth-order valence-corrected chi connectivity index (χ4v) is 4.74. The Balaban J connectivity index is 1.52. The molecule has 0 saturated carbocycles. The van der Waals surface area contributed by atoms with E-state index in [9.17, 15) is 0 Å². The van der Waals surface area contributed by atoms with Gasteiger partial charge < -0.3 is 4.57 Å². The van der Waals surface area contributed by atoms with Gasteiger partial charge in [-0.3, -0.25) is 14.9 Å². The van der Waals surface area contributed by atoms with Gasteiger partial charge in [-0.2, -0.15) is 0 Å². The van der Waals surface area contributed by atoms with Crippen LogP contribution in [0.2, 0.25) is 0 Å². The molecule has 5 nitrogen and oxygen atoms in total. The molecule has 1 aliphatic carbocycles. The van der Waals surface area contributed by atoms with E-state index in [1.165, 1.54) is 17.7 Å². The Hall–Kier alpha value is -3.05. The minimum atomic E-state index is 0.110. The van der Waals surface area contributed by atoms with Crippen molar-refractivity contribution in [1.29, 1.82) is 0 Å². The van der Waals surface area contributed by atoms with Crippen molar-refractivity contribution in [3.05, 3.63) is 89.8 Å². The van der Waals surface area contributed by atoms with E-state index in [1.54, 1.807) is 0 Å². The molecule has 1 aliphatic rings. The first-order chi connectivity index (χ1) is 14.7. The van der Waals surface area contributed by atoms with E-state index in [2.05, 4.69) is 70.9 Å². The summed E-state index contributed by atoms with van der Waals surface area (Å²) >= 11 is 0. The quantitative estimate of drug-likeness (QED) is 0.478. The van der Waals surface area contributed by atoms with Gasteiger partial charge in [-0.1, -0.05) is 24.3 Å². The minimum absolute atomic E-state index is 0.110. The molecule has 2 unspecified atom stereocenters. The third-order valence-electron chi connectivity index (χ3n) is 6.26. The maximum absolute atomic E-state index is 5.02. The molecular weight excluding hydrogens is 370 g/mol. The van der Waals surface area contributed by atoms with Crippen LogP contribution in [0.25, 0.3) is 11.0 Å². The average Bonchev–Trinajstić information content (AvgIpc) is 3.16. The molecule has 1 aromatic carbocycles. The van der Waals surface area contributed by atoms with Crippen molar-refractivity contribution >= 4 is 11.0 Å². The number of fused-ring (bicyclic) bond motifs is 2. The van der Waals surface area contributed by atoms with Crippen LogP contribution in [0.1, 0.15) is 54.6 Å².